The minimum atomic E-state index is -3.38. The number of nitrogens with zero attached hydrogens (tertiary/aromatic N) is 4. The molecule has 0 bridgehead atoms. The van der Waals surface area contributed by atoms with Gasteiger partial charge in [-0.25, -0.2) is 13.4 Å². The van der Waals surface area contributed by atoms with Crippen molar-refractivity contribution in [2.24, 2.45) is 5.92 Å². The van der Waals surface area contributed by atoms with Crippen LogP contribution in [0, 0.1) is 5.92 Å². The highest BCUT2D eigenvalue weighted by Crippen LogP contribution is 2.20. The molecule has 0 radical (unpaired) electrons. The molecule has 0 aliphatic carbocycles. The zero-order valence-electron chi connectivity index (χ0n) is 16.9. The van der Waals surface area contributed by atoms with Crippen molar-refractivity contribution in [2.45, 2.75) is 57.6 Å². The summed E-state index contributed by atoms with van der Waals surface area (Å²) in [5, 5.41) is 0.145. The van der Waals surface area contributed by atoms with Gasteiger partial charge in [-0.1, -0.05) is 19.9 Å². The van der Waals surface area contributed by atoms with Gasteiger partial charge in [0.15, 0.2) is 0 Å². The van der Waals surface area contributed by atoms with Gasteiger partial charge >= 0.3 is 0 Å². The van der Waals surface area contributed by atoms with Gasteiger partial charge in [0.2, 0.25) is 15.0 Å². The SMILES string of the molecule is CC(C)Cn1c(CN(Cc2ccccn2)CC2CCCO2)cnc1S(C)(=O)=O. The third kappa shape index (κ3) is 5.62. The Hall–Kier alpha value is -1.77. The molecule has 3 rings (SSSR count). The molecule has 8 heteroatoms. The molecule has 0 saturated carbocycles. The third-order valence-electron chi connectivity index (χ3n) is 4.76. The van der Waals surface area contributed by atoms with Crippen LogP contribution in [-0.4, -0.2) is 53.4 Å². The van der Waals surface area contributed by atoms with Crippen molar-refractivity contribution in [3.8, 4) is 0 Å². The fourth-order valence-electron chi connectivity index (χ4n) is 3.59. The van der Waals surface area contributed by atoms with E-state index in [0.29, 0.717) is 25.6 Å². The molecular formula is C20H30N4O3S. The summed E-state index contributed by atoms with van der Waals surface area (Å²) in [5.74, 6) is 0.316. The molecule has 1 unspecified atom stereocenters. The van der Waals surface area contributed by atoms with Crippen molar-refractivity contribution in [3.05, 3.63) is 42.0 Å². The van der Waals surface area contributed by atoms with Gasteiger partial charge in [0.1, 0.15) is 0 Å². The zero-order valence-corrected chi connectivity index (χ0v) is 17.7. The van der Waals surface area contributed by atoms with Crippen molar-refractivity contribution >= 4 is 9.84 Å². The molecule has 2 aromatic rings. The first-order valence-electron chi connectivity index (χ1n) is 9.81. The van der Waals surface area contributed by atoms with Crippen LogP contribution in [0.3, 0.4) is 0 Å². The van der Waals surface area contributed by atoms with Crippen molar-refractivity contribution in [3.63, 3.8) is 0 Å². The number of rotatable bonds is 9. The number of ether oxygens (including phenoxy) is 1. The molecule has 1 fully saturated rings. The van der Waals surface area contributed by atoms with E-state index < -0.39 is 9.84 Å². The summed E-state index contributed by atoms with van der Waals surface area (Å²) in [7, 11) is -3.38. The summed E-state index contributed by atoms with van der Waals surface area (Å²) >= 11 is 0. The predicted molar refractivity (Wildman–Crippen MR) is 107 cm³/mol. The lowest BCUT2D eigenvalue weighted by Gasteiger charge is -2.25. The molecule has 154 valence electrons. The Kier molecular flexibility index (Phi) is 6.85. The van der Waals surface area contributed by atoms with Crippen LogP contribution in [0.2, 0.25) is 0 Å². The molecular weight excluding hydrogens is 376 g/mol. The number of hydrogen-bond donors (Lipinski definition) is 0. The Bertz CT molecular complexity index is 859. The second-order valence-corrected chi connectivity index (χ2v) is 9.84. The summed E-state index contributed by atoms with van der Waals surface area (Å²) in [6, 6.07) is 5.90. The van der Waals surface area contributed by atoms with E-state index in [2.05, 4.69) is 28.7 Å². The first kappa shape index (κ1) is 21.0. The van der Waals surface area contributed by atoms with Gasteiger partial charge < -0.3 is 9.30 Å². The van der Waals surface area contributed by atoms with Crippen molar-refractivity contribution in [2.75, 3.05) is 19.4 Å². The normalized spacial score (nSPS) is 17.7. The van der Waals surface area contributed by atoms with Crippen molar-refractivity contribution < 1.29 is 13.2 Å². The monoisotopic (exact) mass is 406 g/mol. The highest BCUT2D eigenvalue weighted by atomic mass is 32.2. The quantitative estimate of drug-likeness (QED) is 0.637. The molecule has 0 spiro atoms. The van der Waals surface area contributed by atoms with E-state index in [4.69, 9.17) is 4.74 Å². The van der Waals surface area contributed by atoms with E-state index >= 15 is 0 Å². The Morgan fingerprint density at radius 2 is 2.11 bits per heavy atom. The number of hydrogen-bond acceptors (Lipinski definition) is 6. The van der Waals surface area contributed by atoms with Crippen LogP contribution in [0.25, 0.3) is 0 Å². The van der Waals surface area contributed by atoms with Crippen LogP contribution in [0.5, 0.6) is 0 Å². The fourth-order valence-corrected chi connectivity index (χ4v) is 4.42. The molecule has 3 heterocycles. The van der Waals surface area contributed by atoms with Gasteiger partial charge in [-0.15, -0.1) is 0 Å². The van der Waals surface area contributed by atoms with Crippen LogP contribution in [0.4, 0.5) is 0 Å². The average molecular weight is 407 g/mol. The van der Waals surface area contributed by atoms with Crippen LogP contribution < -0.4 is 0 Å². The highest BCUT2D eigenvalue weighted by Gasteiger charge is 2.24. The summed E-state index contributed by atoms with van der Waals surface area (Å²) in [6.45, 7) is 7.66. The molecule has 0 N–H and O–H groups in total. The van der Waals surface area contributed by atoms with E-state index in [1.807, 2.05) is 22.8 Å². The largest absolute Gasteiger partial charge is 0.377 e. The maximum atomic E-state index is 12.2. The van der Waals surface area contributed by atoms with Crippen LogP contribution in [-0.2, 0) is 34.2 Å². The second-order valence-electron chi connectivity index (χ2n) is 7.93. The first-order valence-corrected chi connectivity index (χ1v) is 11.7. The Labute approximate surface area is 167 Å². The topological polar surface area (TPSA) is 77.3 Å². The lowest BCUT2D eigenvalue weighted by atomic mass is 10.2. The van der Waals surface area contributed by atoms with E-state index in [1.165, 1.54) is 6.26 Å². The number of pyridine rings is 1. The van der Waals surface area contributed by atoms with Crippen molar-refractivity contribution in [1.82, 2.24) is 19.4 Å². The molecule has 1 aliphatic rings. The fraction of sp³-hybridized carbons (Fsp3) is 0.600. The Morgan fingerprint density at radius 3 is 2.71 bits per heavy atom. The zero-order chi connectivity index (χ0) is 20.1. The van der Waals surface area contributed by atoms with Gasteiger partial charge in [0, 0.05) is 45.2 Å². The molecule has 0 amide bonds. The maximum absolute atomic E-state index is 12.2. The molecule has 1 aliphatic heterocycles. The van der Waals surface area contributed by atoms with Crippen LogP contribution in [0.15, 0.2) is 35.7 Å². The summed E-state index contributed by atoms with van der Waals surface area (Å²) in [6.07, 6.45) is 7.06. The smallest absolute Gasteiger partial charge is 0.227 e. The third-order valence-corrected chi connectivity index (χ3v) is 5.75. The lowest BCUT2D eigenvalue weighted by Crippen LogP contribution is -2.32. The molecule has 1 atom stereocenters. The minimum absolute atomic E-state index is 0.145. The van der Waals surface area contributed by atoms with Gasteiger partial charge in [-0.3, -0.25) is 9.88 Å². The van der Waals surface area contributed by atoms with Crippen LogP contribution in [0.1, 0.15) is 38.1 Å². The summed E-state index contributed by atoms with van der Waals surface area (Å²) in [4.78, 5) is 11.0. The Morgan fingerprint density at radius 1 is 1.29 bits per heavy atom. The standard InChI is InChI=1S/C20H30N4O3S/c1-16(2)12-24-18(11-22-20(24)28(3,25)26)14-23(15-19-8-6-10-27-19)13-17-7-4-5-9-21-17/h4-5,7,9,11,16,19H,6,8,10,12-15H2,1-3H3. The summed E-state index contributed by atoms with van der Waals surface area (Å²) < 4.78 is 32.0. The van der Waals surface area contributed by atoms with Gasteiger partial charge in [-0.05, 0) is 30.9 Å². The molecule has 7 nitrogen and oxygen atoms in total. The molecule has 1 saturated heterocycles. The number of sulfone groups is 1. The predicted octanol–water partition coefficient (Wildman–Crippen LogP) is 2.52. The number of aromatic nitrogens is 3. The molecule has 2 aromatic heterocycles. The lowest BCUT2D eigenvalue weighted by molar-refractivity contribution is 0.0665. The summed E-state index contributed by atoms with van der Waals surface area (Å²) in [5.41, 5.74) is 1.89. The van der Waals surface area contributed by atoms with Crippen molar-refractivity contribution in [1.29, 1.82) is 0 Å². The molecule has 0 aromatic carbocycles. The van der Waals surface area contributed by atoms with E-state index in [9.17, 15) is 8.42 Å². The Balaban J connectivity index is 1.85. The van der Waals surface area contributed by atoms with E-state index in [0.717, 1.165) is 37.4 Å². The van der Waals surface area contributed by atoms with Gasteiger partial charge in [0.05, 0.1) is 23.7 Å². The van der Waals surface area contributed by atoms with Gasteiger partial charge in [-0.2, -0.15) is 0 Å². The molecule has 28 heavy (non-hydrogen) atoms. The first-order chi connectivity index (χ1) is 13.3. The number of imidazole rings is 1. The second kappa shape index (κ2) is 9.15. The van der Waals surface area contributed by atoms with E-state index in [-0.39, 0.29) is 11.3 Å². The van der Waals surface area contributed by atoms with Crippen LogP contribution >= 0.6 is 0 Å². The van der Waals surface area contributed by atoms with Gasteiger partial charge in [0.25, 0.3) is 0 Å². The highest BCUT2D eigenvalue weighted by molar-refractivity contribution is 7.90. The maximum Gasteiger partial charge on any atom is 0.227 e. The van der Waals surface area contributed by atoms with E-state index in [1.54, 1.807) is 12.4 Å². The minimum Gasteiger partial charge on any atom is -0.377 e. The average Bonchev–Trinajstić information content (AvgIpc) is 3.25.